The van der Waals surface area contributed by atoms with E-state index in [-0.39, 0.29) is 60.2 Å². The lowest BCUT2D eigenvalue weighted by atomic mass is 10.0. The number of halogens is 5. The molecule has 0 spiro atoms. The normalized spacial score (nSPS) is 18.2. The third kappa shape index (κ3) is 7.81. The van der Waals surface area contributed by atoms with Gasteiger partial charge in [-0.1, -0.05) is 6.07 Å². The number of nitrogens with one attached hydrogen (secondary N) is 4. The number of anilines is 3. The smallest absolute Gasteiger partial charge is 0.416 e. The number of aryl methyl sites for hydroxylation is 1. The number of rotatable bonds is 9. The summed E-state index contributed by atoms with van der Waals surface area (Å²) in [6.07, 6.45) is -2.08. The topological polar surface area (TPSA) is 182 Å². The molecule has 3 aliphatic rings. The molecule has 2 fully saturated rings. The van der Waals surface area contributed by atoms with Crippen molar-refractivity contribution in [2.75, 3.05) is 48.3 Å². The van der Waals surface area contributed by atoms with E-state index in [0.29, 0.717) is 61.6 Å². The van der Waals surface area contributed by atoms with E-state index in [1.807, 2.05) is 4.90 Å². The standard InChI is InChI=1S/C36H34F5N9O6/c1-18-22-13-19(37)14-24(38)30(22)56-29(18)31(36(39,40)41)47-35(55)44-20-15-42-34(43-16-20)49-11-9-48(10-12-49)8-7-28(52)45-25-4-2-3-21-23(25)17-50(33(21)54)26-5-6-27(51)46-32(26)53/h2-4,13-16,26,31H,5-12,17H2,1H3,(H,45,52)(H2,44,47,55)(H,46,51,53)/t26?,31-/m1/s1. The van der Waals surface area contributed by atoms with Crippen molar-refractivity contribution in [1.29, 1.82) is 0 Å². The summed E-state index contributed by atoms with van der Waals surface area (Å²) >= 11 is 0. The second kappa shape index (κ2) is 15.2. The van der Waals surface area contributed by atoms with Gasteiger partial charge in [0.1, 0.15) is 17.6 Å². The molecule has 294 valence electrons. The fraction of sp³-hybridized carbons (Fsp3) is 0.361. The molecule has 15 nitrogen and oxygen atoms in total. The van der Waals surface area contributed by atoms with E-state index >= 15 is 0 Å². The number of carbonyl (C=O) groups excluding carboxylic acids is 5. The Morgan fingerprint density at radius 2 is 1.77 bits per heavy atom. The van der Waals surface area contributed by atoms with Crippen molar-refractivity contribution in [3.63, 3.8) is 0 Å². The number of hydrogen-bond acceptors (Lipinski definition) is 10. The van der Waals surface area contributed by atoms with E-state index in [1.165, 1.54) is 24.2 Å². The molecule has 5 heterocycles. The number of alkyl halides is 3. The van der Waals surface area contributed by atoms with Crippen LogP contribution in [0, 0.1) is 18.6 Å². The van der Waals surface area contributed by atoms with Gasteiger partial charge in [-0.2, -0.15) is 13.2 Å². The average Bonchev–Trinajstić information content (AvgIpc) is 3.66. The first kappa shape index (κ1) is 38.1. The molecule has 0 aliphatic carbocycles. The van der Waals surface area contributed by atoms with Crippen LogP contribution in [0.3, 0.4) is 0 Å². The van der Waals surface area contributed by atoms with Crippen LogP contribution in [-0.2, 0) is 20.9 Å². The van der Waals surface area contributed by atoms with Gasteiger partial charge in [-0.15, -0.1) is 0 Å². The summed E-state index contributed by atoms with van der Waals surface area (Å²) in [5.41, 5.74) is 0.699. The first-order chi connectivity index (χ1) is 26.7. The Kier molecular flexibility index (Phi) is 10.3. The molecule has 0 radical (unpaired) electrons. The van der Waals surface area contributed by atoms with Crippen LogP contribution in [0.25, 0.3) is 11.0 Å². The van der Waals surface area contributed by atoms with Crippen LogP contribution in [0.1, 0.15) is 52.5 Å². The lowest BCUT2D eigenvalue weighted by Gasteiger charge is -2.34. The molecule has 4 N–H and O–H groups in total. The summed E-state index contributed by atoms with van der Waals surface area (Å²) in [6.45, 7) is 3.87. The largest absolute Gasteiger partial charge is 0.455 e. The second-order valence-electron chi connectivity index (χ2n) is 13.6. The number of amides is 6. The van der Waals surface area contributed by atoms with Crippen molar-refractivity contribution in [3.05, 3.63) is 76.8 Å². The molecule has 2 aromatic carbocycles. The number of furan rings is 1. The molecule has 2 aromatic heterocycles. The Hall–Kier alpha value is -6.18. The van der Waals surface area contributed by atoms with E-state index in [1.54, 1.807) is 23.5 Å². The highest BCUT2D eigenvalue weighted by atomic mass is 19.4. The van der Waals surface area contributed by atoms with E-state index in [4.69, 9.17) is 4.42 Å². The lowest BCUT2D eigenvalue weighted by molar-refractivity contribution is -0.158. The minimum Gasteiger partial charge on any atom is -0.455 e. The molecule has 2 saturated heterocycles. The zero-order valence-corrected chi connectivity index (χ0v) is 29.6. The molecule has 1 unspecified atom stereocenters. The number of carbonyl (C=O) groups is 5. The number of hydrogen-bond donors (Lipinski definition) is 4. The lowest BCUT2D eigenvalue weighted by Crippen LogP contribution is -2.52. The maximum absolute atomic E-state index is 14.2. The van der Waals surface area contributed by atoms with Crippen LogP contribution in [-0.4, -0.2) is 94.4 Å². The van der Waals surface area contributed by atoms with Crippen molar-refractivity contribution < 1.29 is 50.3 Å². The van der Waals surface area contributed by atoms with Crippen molar-refractivity contribution in [2.24, 2.45) is 0 Å². The van der Waals surface area contributed by atoms with Crippen LogP contribution in [0.4, 0.5) is 44.1 Å². The molecular weight excluding hydrogens is 749 g/mol. The minimum atomic E-state index is -5.05. The summed E-state index contributed by atoms with van der Waals surface area (Å²) < 4.78 is 75.2. The Labute approximate surface area is 314 Å². The van der Waals surface area contributed by atoms with Crippen molar-refractivity contribution in [1.82, 2.24) is 30.4 Å². The molecule has 0 bridgehead atoms. The SMILES string of the molecule is Cc1c([C@@H](NC(=O)Nc2cnc(N3CCN(CCC(=O)Nc4cccc5c4CN(C4CCC(=O)NC4=O)C5=O)CC3)nc2)C(F)(F)F)oc2c(F)cc(F)cc12. The van der Waals surface area contributed by atoms with Crippen molar-refractivity contribution in [2.45, 2.75) is 51.0 Å². The van der Waals surface area contributed by atoms with E-state index in [2.05, 4.69) is 30.8 Å². The Morgan fingerprint density at radius 1 is 1.04 bits per heavy atom. The van der Waals surface area contributed by atoms with E-state index in [0.717, 1.165) is 6.07 Å². The highest BCUT2D eigenvalue weighted by Crippen LogP contribution is 2.39. The Morgan fingerprint density at radius 3 is 2.46 bits per heavy atom. The summed E-state index contributed by atoms with van der Waals surface area (Å²) in [7, 11) is 0. The molecule has 0 saturated carbocycles. The molecule has 6 amide bonds. The summed E-state index contributed by atoms with van der Waals surface area (Å²) in [5, 5.41) is 8.98. The van der Waals surface area contributed by atoms with E-state index < -0.39 is 53.2 Å². The number of fused-ring (bicyclic) bond motifs is 2. The zero-order chi connectivity index (χ0) is 39.9. The molecule has 56 heavy (non-hydrogen) atoms. The van der Waals surface area contributed by atoms with Gasteiger partial charge in [0.05, 0.1) is 18.1 Å². The predicted molar refractivity (Wildman–Crippen MR) is 188 cm³/mol. The maximum Gasteiger partial charge on any atom is 0.416 e. The van der Waals surface area contributed by atoms with Gasteiger partial charge in [0, 0.05) is 85.9 Å². The van der Waals surface area contributed by atoms with Gasteiger partial charge in [0.2, 0.25) is 23.7 Å². The van der Waals surface area contributed by atoms with Gasteiger partial charge in [-0.3, -0.25) is 29.4 Å². The van der Waals surface area contributed by atoms with Gasteiger partial charge in [0.25, 0.3) is 5.91 Å². The van der Waals surface area contributed by atoms with Gasteiger partial charge < -0.3 is 30.2 Å². The average molecular weight is 784 g/mol. The van der Waals surface area contributed by atoms with Crippen LogP contribution >= 0.6 is 0 Å². The molecular formula is C36H34F5N9O6. The van der Waals surface area contributed by atoms with Gasteiger partial charge in [-0.25, -0.2) is 23.5 Å². The number of nitrogens with zero attached hydrogens (tertiary/aromatic N) is 5. The third-order valence-corrected chi connectivity index (χ3v) is 9.92. The summed E-state index contributed by atoms with van der Waals surface area (Å²) in [4.78, 5) is 76.5. The fourth-order valence-corrected chi connectivity index (χ4v) is 7.03. The van der Waals surface area contributed by atoms with Crippen molar-refractivity contribution >= 4 is 58.0 Å². The molecule has 4 aromatic rings. The zero-order valence-electron chi connectivity index (χ0n) is 29.6. The molecule has 2 atom stereocenters. The molecule has 20 heteroatoms. The van der Waals surface area contributed by atoms with Crippen LogP contribution in [0.15, 0.2) is 47.1 Å². The number of piperazine rings is 1. The number of imide groups is 1. The van der Waals surface area contributed by atoms with Crippen molar-refractivity contribution in [3.8, 4) is 0 Å². The van der Waals surface area contributed by atoms with Gasteiger partial charge >= 0.3 is 12.2 Å². The highest BCUT2D eigenvalue weighted by molar-refractivity contribution is 6.06. The van der Waals surface area contributed by atoms with Gasteiger partial charge in [-0.05, 0) is 31.5 Å². The first-order valence-electron chi connectivity index (χ1n) is 17.5. The highest BCUT2D eigenvalue weighted by Gasteiger charge is 2.46. The molecule has 7 rings (SSSR count). The Balaban J connectivity index is 0.884. The van der Waals surface area contributed by atoms with Crippen LogP contribution in [0.5, 0.6) is 0 Å². The minimum absolute atomic E-state index is 0.0108. The molecule has 3 aliphatic heterocycles. The first-order valence-corrected chi connectivity index (χ1v) is 17.5. The third-order valence-electron chi connectivity index (χ3n) is 9.92. The van der Waals surface area contributed by atoms with Gasteiger partial charge in [0.15, 0.2) is 17.4 Å². The number of urea groups is 1. The fourth-order valence-electron chi connectivity index (χ4n) is 7.03. The summed E-state index contributed by atoms with van der Waals surface area (Å²) in [6, 6.07) is 1.59. The summed E-state index contributed by atoms with van der Waals surface area (Å²) in [5.74, 6) is -4.17. The monoisotopic (exact) mass is 783 g/mol. The number of aromatic nitrogens is 2. The Bertz CT molecular complexity index is 2220. The van der Waals surface area contributed by atoms with Crippen LogP contribution in [0.2, 0.25) is 0 Å². The predicted octanol–water partition coefficient (Wildman–Crippen LogP) is 4.15. The number of benzene rings is 2. The van der Waals surface area contributed by atoms with Crippen LogP contribution < -0.4 is 26.2 Å². The number of piperidine rings is 1. The quantitative estimate of drug-likeness (QED) is 0.142. The second-order valence-corrected chi connectivity index (χ2v) is 13.6. The maximum atomic E-state index is 14.2. The van der Waals surface area contributed by atoms with E-state index in [9.17, 15) is 45.9 Å².